The molecule has 1 atom stereocenters. The molecule has 0 spiro atoms. The van der Waals surface area contributed by atoms with Crippen LogP contribution in [0.1, 0.15) is 5.56 Å². The van der Waals surface area contributed by atoms with E-state index in [1.165, 1.54) is 0 Å². The van der Waals surface area contributed by atoms with E-state index in [1.807, 2.05) is 6.07 Å². The second-order valence-electron chi connectivity index (χ2n) is 4.11. The van der Waals surface area contributed by atoms with Gasteiger partial charge in [0.15, 0.2) is 10.3 Å². The van der Waals surface area contributed by atoms with Crippen molar-refractivity contribution in [3.8, 4) is 0 Å². The van der Waals surface area contributed by atoms with E-state index in [2.05, 4.69) is 5.32 Å². The van der Waals surface area contributed by atoms with Crippen LogP contribution in [-0.2, 0) is 26.3 Å². The zero-order chi connectivity index (χ0) is 14.0. The molecule has 0 aliphatic carbocycles. The average Bonchev–Trinajstić information content (AvgIpc) is 2.33. The molecule has 1 aliphatic heterocycles. The average molecular weight is 306 g/mol. The maximum absolute atomic E-state index is 11.6. The second-order valence-corrected chi connectivity index (χ2v) is 5.41. The quantitative estimate of drug-likeness (QED) is 0.347. The number of nitrogens with zero attached hydrogens (tertiary/aromatic N) is 1. The number of hydrogen-bond acceptors (Lipinski definition) is 5. The van der Waals surface area contributed by atoms with Gasteiger partial charge in [-0.05, 0) is 5.56 Å². The summed E-state index contributed by atoms with van der Waals surface area (Å²) in [5.41, 5.74) is 0.778. The monoisotopic (exact) mass is 306 g/mol. The SMILES string of the molecule is O=C(Cc1ccccc1)NC1CN(S(=O)(=O)[O-])C1=O.[Na+]. The molecule has 1 fully saturated rings. The summed E-state index contributed by atoms with van der Waals surface area (Å²) in [5, 5.41) is 2.38. The van der Waals surface area contributed by atoms with Crippen LogP contribution in [0.15, 0.2) is 30.3 Å². The summed E-state index contributed by atoms with van der Waals surface area (Å²) in [4.78, 5) is 22.9. The molecule has 0 aromatic heterocycles. The van der Waals surface area contributed by atoms with Gasteiger partial charge in [-0.25, -0.2) is 12.7 Å². The van der Waals surface area contributed by atoms with E-state index in [0.29, 0.717) is 0 Å². The van der Waals surface area contributed by atoms with Crippen molar-refractivity contribution in [1.29, 1.82) is 0 Å². The molecular formula is C11H11N2NaO5S. The van der Waals surface area contributed by atoms with Gasteiger partial charge in [-0.1, -0.05) is 30.3 Å². The van der Waals surface area contributed by atoms with Gasteiger partial charge in [0, 0.05) is 0 Å². The van der Waals surface area contributed by atoms with Crippen molar-refractivity contribution in [3.63, 3.8) is 0 Å². The Labute approximate surface area is 138 Å². The third-order valence-electron chi connectivity index (χ3n) is 2.70. The normalized spacial score (nSPS) is 17.9. The van der Waals surface area contributed by atoms with Gasteiger partial charge in [0.1, 0.15) is 6.04 Å². The number of β-lactam (4-membered cyclic amide) rings is 1. The Morgan fingerprint density at radius 2 is 1.95 bits per heavy atom. The summed E-state index contributed by atoms with van der Waals surface area (Å²) in [6.45, 7) is -0.300. The Balaban J connectivity index is 0.00000200. The van der Waals surface area contributed by atoms with Gasteiger partial charge in [0.2, 0.25) is 5.91 Å². The molecule has 1 aliphatic rings. The fourth-order valence-corrected chi connectivity index (χ4v) is 2.41. The largest absolute Gasteiger partial charge is 1.00 e. The van der Waals surface area contributed by atoms with Crippen molar-refractivity contribution in [1.82, 2.24) is 9.62 Å². The van der Waals surface area contributed by atoms with Crippen LogP contribution < -0.4 is 34.9 Å². The predicted molar refractivity (Wildman–Crippen MR) is 63.5 cm³/mol. The van der Waals surface area contributed by atoms with Gasteiger partial charge >= 0.3 is 29.6 Å². The van der Waals surface area contributed by atoms with Crippen LogP contribution in [0.25, 0.3) is 0 Å². The minimum absolute atomic E-state index is 0. The van der Waals surface area contributed by atoms with Crippen LogP contribution in [0.3, 0.4) is 0 Å². The summed E-state index contributed by atoms with van der Waals surface area (Å²) in [6.07, 6.45) is 0.0920. The first-order valence-corrected chi connectivity index (χ1v) is 6.85. The van der Waals surface area contributed by atoms with E-state index in [4.69, 9.17) is 0 Å². The van der Waals surface area contributed by atoms with Crippen LogP contribution in [0, 0.1) is 0 Å². The van der Waals surface area contributed by atoms with Crippen molar-refractivity contribution < 1.29 is 52.1 Å². The third-order valence-corrected chi connectivity index (χ3v) is 3.57. The molecular weight excluding hydrogens is 295 g/mol. The van der Waals surface area contributed by atoms with Gasteiger partial charge < -0.3 is 9.87 Å². The van der Waals surface area contributed by atoms with Crippen molar-refractivity contribution in [3.05, 3.63) is 35.9 Å². The van der Waals surface area contributed by atoms with E-state index in [1.54, 1.807) is 24.3 Å². The molecule has 0 saturated carbocycles. The number of amides is 2. The van der Waals surface area contributed by atoms with Gasteiger partial charge in [0.25, 0.3) is 5.91 Å². The summed E-state index contributed by atoms with van der Waals surface area (Å²) in [7, 11) is -4.76. The van der Waals surface area contributed by atoms with Gasteiger partial charge in [-0.2, -0.15) is 0 Å². The van der Waals surface area contributed by atoms with Crippen LogP contribution in [0.5, 0.6) is 0 Å². The zero-order valence-corrected chi connectivity index (χ0v) is 13.6. The van der Waals surface area contributed by atoms with Gasteiger partial charge in [0.05, 0.1) is 13.0 Å². The van der Waals surface area contributed by atoms with E-state index in [9.17, 15) is 22.6 Å². The molecule has 1 aromatic rings. The predicted octanol–water partition coefficient (Wildman–Crippen LogP) is -3.98. The standard InChI is InChI=1S/C11H12N2O5S.Na/c14-10(6-8-4-2-1-3-5-8)12-9-7-13(11(9)15)19(16,17)18;/h1-5,9H,6-7H2,(H,12,14)(H,16,17,18);/q;+1/p-1. The van der Waals surface area contributed by atoms with Crippen molar-refractivity contribution in [2.24, 2.45) is 0 Å². The molecule has 1 saturated heterocycles. The number of nitrogens with one attached hydrogen (secondary N) is 1. The summed E-state index contributed by atoms with van der Waals surface area (Å²) < 4.78 is 31.9. The number of rotatable bonds is 4. The zero-order valence-electron chi connectivity index (χ0n) is 10.8. The number of carbonyl (C=O) groups excluding carboxylic acids is 2. The molecule has 9 heteroatoms. The van der Waals surface area contributed by atoms with Crippen LogP contribution in [0.2, 0.25) is 0 Å². The first-order valence-electron chi connectivity index (χ1n) is 5.48. The number of benzene rings is 1. The summed E-state index contributed by atoms with van der Waals surface area (Å²) >= 11 is 0. The molecule has 2 rings (SSSR count). The molecule has 102 valence electrons. The molecule has 1 heterocycles. The van der Waals surface area contributed by atoms with E-state index < -0.39 is 28.2 Å². The third kappa shape index (κ3) is 4.03. The molecule has 0 bridgehead atoms. The van der Waals surface area contributed by atoms with E-state index in [-0.39, 0.29) is 46.8 Å². The molecule has 7 nitrogen and oxygen atoms in total. The fourth-order valence-electron chi connectivity index (χ4n) is 1.73. The first-order chi connectivity index (χ1) is 8.88. The first kappa shape index (κ1) is 17.1. The van der Waals surface area contributed by atoms with E-state index >= 15 is 0 Å². The Hall–Kier alpha value is -0.930. The molecule has 2 amide bonds. The van der Waals surface area contributed by atoms with Crippen molar-refractivity contribution >= 4 is 22.1 Å². The molecule has 1 aromatic carbocycles. The molecule has 1 unspecified atom stereocenters. The van der Waals surface area contributed by atoms with Crippen molar-refractivity contribution in [2.75, 3.05) is 6.54 Å². The summed E-state index contributed by atoms with van der Waals surface area (Å²) in [5.74, 6) is -1.29. The Morgan fingerprint density at radius 1 is 1.35 bits per heavy atom. The van der Waals surface area contributed by atoms with Crippen LogP contribution >= 0.6 is 0 Å². The smallest absolute Gasteiger partial charge is 0.731 e. The topological polar surface area (TPSA) is 107 Å². The minimum atomic E-state index is -4.76. The van der Waals surface area contributed by atoms with Gasteiger partial charge in [-0.3, -0.25) is 9.59 Å². The Morgan fingerprint density at radius 3 is 2.45 bits per heavy atom. The van der Waals surface area contributed by atoms with E-state index in [0.717, 1.165) is 5.56 Å². The Kier molecular flexibility index (Phi) is 5.72. The Bertz CT molecular complexity index is 604. The minimum Gasteiger partial charge on any atom is -0.731 e. The van der Waals surface area contributed by atoms with Crippen molar-refractivity contribution in [2.45, 2.75) is 12.5 Å². The van der Waals surface area contributed by atoms with Crippen LogP contribution in [0.4, 0.5) is 0 Å². The van der Waals surface area contributed by atoms with Gasteiger partial charge in [-0.15, -0.1) is 0 Å². The second kappa shape index (κ2) is 6.68. The molecule has 20 heavy (non-hydrogen) atoms. The number of carbonyl (C=O) groups is 2. The number of hydrogen-bond donors (Lipinski definition) is 1. The maximum atomic E-state index is 11.6. The van der Waals surface area contributed by atoms with Crippen LogP contribution in [-0.4, -0.2) is 41.7 Å². The molecule has 1 N–H and O–H groups in total. The summed E-state index contributed by atoms with van der Waals surface area (Å²) in [6, 6.07) is 7.96. The maximum Gasteiger partial charge on any atom is 1.00 e. The molecule has 0 radical (unpaired) electrons. The fraction of sp³-hybridized carbons (Fsp3) is 0.273.